The number of nitrogens with one attached hydrogen (secondary N) is 2. The van der Waals surface area contributed by atoms with Crippen LogP contribution in [0.3, 0.4) is 0 Å². The molecule has 7 nitrogen and oxygen atoms in total. The Morgan fingerprint density at radius 2 is 1.77 bits per heavy atom. The highest BCUT2D eigenvalue weighted by atomic mass is 32.2. The van der Waals surface area contributed by atoms with E-state index in [9.17, 15) is 13.2 Å². The number of nitrogens with zero attached hydrogens (tertiary/aromatic N) is 1. The Morgan fingerprint density at radius 1 is 1.08 bits per heavy atom. The van der Waals surface area contributed by atoms with Crippen molar-refractivity contribution >= 4 is 27.4 Å². The molecular weight excluding hydrogens is 354 g/mol. The molecule has 2 N–H and O–H groups in total. The van der Waals surface area contributed by atoms with Crippen molar-refractivity contribution in [3.63, 3.8) is 0 Å². The van der Waals surface area contributed by atoms with Crippen LogP contribution in [0.1, 0.15) is 6.92 Å². The van der Waals surface area contributed by atoms with Crippen LogP contribution >= 0.6 is 0 Å². The van der Waals surface area contributed by atoms with Crippen molar-refractivity contribution < 1.29 is 17.9 Å². The number of ether oxygens (including phenoxy) is 1. The number of hydrogen-bond acceptors (Lipinski definition) is 4. The fourth-order valence-corrected chi connectivity index (χ4v) is 4.40. The van der Waals surface area contributed by atoms with E-state index in [0.717, 1.165) is 0 Å². The lowest BCUT2D eigenvalue weighted by molar-refractivity contribution is 0.0393. The summed E-state index contributed by atoms with van der Waals surface area (Å²) in [5.74, 6) is 0. The van der Waals surface area contributed by atoms with Crippen molar-refractivity contribution in [2.45, 2.75) is 17.9 Å². The number of amides is 2. The minimum Gasteiger partial charge on any atom is -0.378 e. The van der Waals surface area contributed by atoms with Gasteiger partial charge in [-0.25, -0.2) is 13.2 Å². The van der Waals surface area contributed by atoms with Gasteiger partial charge < -0.3 is 15.4 Å². The van der Waals surface area contributed by atoms with Gasteiger partial charge in [-0.15, -0.1) is 0 Å². The van der Waals surface area contributed by atoms with Crippen LogP contribution in [0.4, 0.5) is 16.2 Å². The molecule has 138 valence electrons. The molecule has 2 aromatic carbocycles. The summed E-state index contributed by atoms with van der Waals surface area (Å²) in [6.45, 7) is 2.87. The Bertz CT molecular complexity index is 871. The minimum atomic E-state index is -3.65. The third kappa shape index (κ3) is 4.21. The summed E-state index contributed by atoms with van der Waals surface area (Å²) in [6, 6.07) is 14.6. The topological polar surface area (TPSA) is 87.7 Å². The highest BCUT2D eigenvalue weighted by Gasteiger charge is 2.31. The fraction of sp³-hybridized carbons (Fsp3) is 0.278. The molecule has 1 fully saturated rings. The number of sulfonamides is 1. The Kier molecular flexibility index (Phi) is 5.55. The summed E-state index contributed by atoms with van der Waals surface area (Å²) in [5, 5.41) is 5.35. The normalized spacial score (nSPS) is 18.3. The van der Waals surface area contributed by atoms with E-state index in [1.807, 2.05) is 25.1 Å². The maximum atomic E-state index is 12.9. The number of urea groups is 1. The molecular formula is C18H21N3O4S. The van der Waals surface area contributed by atoms with E-state index in [2.05, 4.69) is 10.6 Å². The quantitative estimate of drug-likeness (QED) is 0.860. The first-order valence-corrected chi connectivity index (χ1v) is 9.73. The molecule has 0 radical (unpaired) electrons. The van der Waals surface area contributed by atoms with Gasteiger partial charge in [0, 0.05) is 24.0 Å². The number of rotatable bonds is 4. The molecule has 0 spiro atoms. The van der Waals surface area contributed by atoms with Gasteiger partial charge in [-0.05, 0) is 37.3 Å². The number of morpholine rings is 1. The number of para-hydroxylation sites is 1. The fourth-order valence-electron chi connectivity index (χ4n) is 2.75. The molecule has 1 heterocycles. The standard InChI is InChI=1S/C18H21N3O4S/c1-14-13-25-11-10-21(14)26(23,24)17-9-5-8-16(12-17)20-18(22)19-15-6-3-2-4-7-15/h2-9,12,14H,10-11,13H2,1H3,(H2,19,20,22). The van der Waals surface area contributed by atoms with Crippen molar-refractivity contribution in [1.29, 1.82) is 0 Å². The Labute approximate surface area is 153 Å². The average molecular weight is 375 g/mol. The lowest BCUT2D eigenvalue weighted by Gasteiger charge is -2.32. The predicted molar refractivity (Wildman–Crippen MR) is 99.7 cm³/mol. The second kappa shape index (κ2) is 7.86. The molecule has 1 aliphatic rings. The molecule has 2 amide bonds. The lowest BCUT2D eigenvalue weighted by Crippen LogP contribution is -2.46. The van der Waals surface area contributed by atoms with Gasteiger partial charge in [-0.3, -0.25) is 0 Å². The van der Waals surface area contributed by atoms with Crippen molar-refractivity contribution in [1.82, 2.24) is 4.31 Å². The summed E-state index contributed by atoms with van der Waals surface area (Å²) < 4.78 is 32.5. The van der Waals surface area contributed by atoms with Gasteiger partial charge in [0.15, 0.2) is 0 Å². The van der Waals surface area contributed by atoms with Crippen LogP contribution in [0.5, 0.6) is 0 Å². The molecule has 1 unspecified atom stereocenters. The molecule has 1 saturated heterocycles. The van der Waals surface area contributed by atoms with Crippen LogP contribution in [-0.2, 0) is 14.8 Å². The van der Waals surface area contributed by atoms with Gasteiger partial charge in [-0.1, -0.05) is 24.3 Å². The van der Waals surface area contributed by atoms with E-state index in [0.29, 0.717) is 31.1 Å². The first-order valence-electron chi connectivity index (χ1n) is 8.29. The molecule has 0 aliphatic carbocycles. The number of benzene rings is 2. The van der Waals surface area contributed by atoms with Gasteiger partial charge >= 0.3 is 6.03 Å². The summed E-state index contributed by atoms with van der Waals surface area (Å²) in [7, 11) is -3.65. The maximum absolute atomic E-state index is 12.9. The van der Waals surface area contributed by atoms with Crippen molar-refractivity contribution in [3.05, 3.63) is 54.6 Å². The highest BCUT2D eigenvalue weighted by molar-refractivity contribution is 7.89. The second-order valence-corrected chi connectivity index (χ2v) is 7.90. The zero-order chi connectivity index (χ0) is 18.6. The van der Waals surface area contributed by atoms with Crippen LogP contribution in [0, 0.1) is 0 Å². The van der Waals surface area contributed by atoms with Crippen LogP contribution in [0.15, 0.2) is 59.5 Å². The van der Waals surface area contributed by atoms with Gasteiger partial charge in [0.1, 0.15) is 0 Å². The zero-order valence-electron chi connectivity index (χ0n) is 14.4. The molecule has 0 bridgehead atoms. The Morgan fingerprint density at radius 3 is 2.50 bits per heavy atom. The van der Waals surface area contributed by atoms with Crippen LogP contribution in [0.2, 0.25) is 0 Å². The van der Waals surface area contributed by atoms with Gasteiger partial charge in [0.25, 0.3) is 0 Å². The molecule has 1 atom stereocenters. The first-order chi connectivity index (χ1) is 12.5. The number of carbonyl (C=O) groups excluding carboxylic acids is 1. The number of hydrogen-bond donors (Lipinski definition) is 2. The van der Waals surface area contributed by atoms with E-state index >= 15 is 0 Å². The van der Waals surface area contributed by atoms with Crippen molar-refractivity contribution in [2.75, 3.05) is 30.4 Å². The van der Waals surface area contributed by atoms with Crippen molar-refractivity contribution in [2.24, 2.45) is 0 Å². The number of anilines is 2. The predicted octanol–water partition coefficient (Wildman–Crippen LogP) is 2.74. The zero-order valence-corrected chi connectivity index (χ0v) is 15.2. The monoisotopic (exact) mass is 375 g/mol. The van der Waals surface area contributed by atoms with E-state index in [-0.39, 0.29) is 10.9 Å². The van der Waals surface area contributed by atoms with Crippen molar-refractivity contribution in [3.8, 4) is 0 Å². The van der Waals surface area contributed by atoms with Gasteiger partial charge in [0.05, 0.1) is 18.1 Å². The molecule has 26 heavy (non-hydrogen) atoms. The molecule has 3 rings (SSSR count). The van der Waals surface area contributed by atoms with Crippen LogP contribution in [0.25, 0.3) is 0 Å². The largest absolute Gasteiger partial charge is 0.378 e. The van der Waals surface area contributed by atoms with E-state index in [1.54, 1.807) is 24.3 Å². The SMILES string of the molecule is CC1COCCN1S(=O)(=O)c1cccc(NC(=O)Nc2ccccc2)c1. The molecule has 8 heteroatoms. The Hall–Kier alpha value is -2.42. The molecule has 0 saturated carbocycles. The van der Waals surface area contributed by atoms with E-state index < -0.39 is 16.1 Å². The molecule has 0 aromatic heterocycles. The average Bonchev–Trinajstić information content (AvgIpc) is 2.63. The number of carbonyl (C=O) groups is 1. The van der Waals surface area contributed by atoms with E-state index in [4.69, 9.17) is 4.74 Å². The summed E-state index contributed by atoms with van der Waals surface area (Å²) >= 11 is 0. The Balaban J connectivity index is 1.74. The summed E-state index contributed by atoms with van der Waals surface area (Å²) in [4.78, 5) is 12.2. The third-order valence-corrected chi connectivity index (χ3v) is 6.05. The van der Waals surface area contributed by atoms with E-state index in [1.165, 1.54) is 16.4 Å². The highest BCUT2D eigenvalue weighted by Crippen LogP contribution is 2.23. The van der Waals surface area contributed by atoms with Crippen LogP contribution < -0.4 is 10.6 Å². The summed E-state index contributed by atoms with van der Waals surface area (Å²) in [6.07, 6.45) is 0. The molecule has 1 aliphatic heterocycles. The lowest BCUT2D eigenvalue weighted by atomic mass is 10.3. The first kappa shape index (κ1) is 18.4. The second-order valence-electron chi connectivity index (χ2n) is 6.01. The van der Waals surface area contributed by atoms with Gasteiger partial charge in [0.2, 0.25) is 10.0 Å². The maximum Gasteiger partial charge on any atom is 0.323 e. The minimum absolute atomic E-state index is 0.142. The van der Waals surface area contributed by atoms with Gasteiger partial charge in [-0.2, -0.15) is 4.31 Å². The summed E-state index contributed by atoms with van der Waals surface area (Å²) in [5.41, 5.74) is 1.05. The third-order valence-electron chi connectivity index (χ3n) is 4.04. The molecule has 2 aromatic rings. The smallest absolute Gasteiger partial charge is 0.323 e. The van der Waals surface area contributed by atoms with Crippen LogP contribution in [-0.4, -0.2) is 44.6 Å².